The smallest absolute Gasteiger partial charge is 0.0591 e. The van der Waals surface area contributed by atoms with Crippen molar-refractivity contribution in [2.24, 2.45) is 0 Å². The molecule has 104 valence electrons. The number of aliphatic carboxylic acids is 1. The topological polar surface area (TPSA) is 40.1 Å². The molecular weight excluding hydrogens is 231 g/mol. The van der Waals surface area contributed by atoms with Gasteiger partial charge in [-0.05, 0) is 32.6 Å². The highest BCUT2D eigenvalue weighted by Gasteiger charge is 2.32. The van der Waals surface area contributed by atoms with Gasteiger partial charge in [-0.15, -0.1) is 0 Å². The normalized spacial score (nSPS) is 10.6. The molecular formula is C14H31O2P. The van der Waals surface area contributed by atoms with Crippen LogP contribution in [0.1, 0.15) is 60.3 Å². The molecule has 0 saturated heterocycles. The second-order valence-electron chi connectivity index (χ2n) is 4.73. The first kappa shape index (κ1) is 19.2. The summed E-state index contributed by atoms with van der Waals surface area (Å²) >= 11 is 0. The third kappa shape index (κ3) is 12.2. The average molecular weight is 262 g/mol. The van der Waals surface area contributed by atoms with Gasteiger partial charge in [0.25, 0.3) is 0 Å². The fourth-order valence-corrected chi connectivity index (χ4v) is 7.70. The standard InChI is InChI=1S/C12H28P.C2H4O2/c1-5-9-13(10-6-2,11-7-3)12-8-4;1-2(3)4/h5-12H2,1-4H3;1H3,(H,3,4)/q+1;/p-1. The molecule has 0 aliphatic rings. The van der Waals surface area contributed by atoms with Gasteiger partial charge in [0.1, 0.15) is 0 Å². The fourth-order valence-electron chi connectivity index (χ4n) is 2.57. The Balaban J connectivity index is 0. The molecule has 0 aromatic heterocycles. The highest BCUT2D eigenvalue weighted by molar-refractivity contribution is 7.75. The molecule has 0 fully saturated rings. The van der Waals surface area contributed by atoms with E-state index >= 15 is 0 Å². The zero-order chi connectivity index (χ0) is 13.7. The number of rotatable bonds is 8. The molecule has 0 amide bonds. The summed E-state index contributed by atoms with van der Waals surface area (Å²) < 4.78 is 0. The molecule has 17 heavy (non-hydrogen) atoms. The van der Waals surface area contributed by atoms with Crippen LogP contribution in [0.15, 0.2) is 0 Å². The van der Waals surface area contributed by atoms with Crippen molar-refractivity contribution in [3.05, 3.63) is 0 Å². The van der Waals surface area contributed by atoms with Crippen LogP contribution in [0, 0.1) is 0 Å². The van der Waals surface area contributed by atoms with E-state index in [1.807, 2.05) is 0 Å². The van der Waals surface area contributed by atoms with Gasteiger partial charge in [0.15, 0.2) is 0 Å². The molecule has 2 nitrogen and oxygen atoms in total. The predicted octanol–water partition coefficient (Wildman–Crippen LogP) is 3.40. The van der Waals surface area contributed by atoms with E-state index in [9.17, 15) is 0 Å². The molecule has 0 bridgehead atoms. The van der Waals surface area contributed by atoms with Crippen molar-refractivity contribution in [1.82, 2.24) is 0 Å². The van der Waals surface area contributed by atoms with E-state index in [2.05, 4.69) is 27.7 Å². The van der Waals surface area contributed by atoms with Gasteiger partial charge in [0.05, 0.1) is 24.6 Å². The van der Waals surface area contributed by atoms with E-state index in [1.165, 1.54) is 25.7 Å². The summed E-state index contributed by atoms with van der Waals surface area (Å²) in [4.78, 5) is 8.89. The molecule has 0 heterocycles. The van der Waals surface area contributed by atoms with Gasteiger partial charge < -0.3 is 9.90 Å². The van der Waals surface area contributed by atoms with E-state index in [-0.39, 0.29) is 0 Å². The van der Waals surface area contributed by atoms with Crippen LogP contribution >= 0.6 is 7.26 Å². The molecule has 0 aromatic carbocycles. The lowest BCUT2D eigenvalue weighted by atomic mass is 10.5. The Morgan fingerprint density at radius 3 is 1.12 bits per heavy atom. The van der Waals surface area contributed by atoms with Crippen LogP contribution in [-0.2, 0) is 4.79 Å². The molecule has 0 atom stereocenters. The van der Waals surface area contributed by atoms with Gasteiger partial charge in [-0.1, -0.05) is 27.7 Å². The minimum Gasteiger partial charge on any atom is -0.550 e. The zero-order valence-corrected chi connectivity index (χ0v) is 13.3. The summed E-state index contributed by atoms with van der Waals surface area (Å²) in [6.45, 7) is 10.4. The third-order valence-electron chi connectivity index (χ3n) is 2.79. The van der Waals surface area contributed by atoms with Crippen LogP contribution < -0.4 is 5.11 Å². The van der Waals surface area contributed by atoms with Crippen LogP contribution in [0.25, 0.3) is 0 Å². The van der Waals surface area contributed by atoms with Gasteiger partial charge in [-0.25, -0.2) is 0 Å². The van der Waals surface area contributed by atoms with E-state index in [0.717, 1.165) is 6.92 Å². The molecule has 0 aliphatic heterocycles. The Morgan fingerprint density at radius 2 is 1.00 bits per heavy atom. The average Bonchev–Trinajstić information content (AvgIpc) is 2.18. The van der Waals surface area contributed by atoms with E-state index < -0.39 is 13.2 Å². The number of carboxylic acids is 1. The molecule has 3 heteroatoms. The molecule has 0 aliphatic carbocycles. The SMILES string of the molecule is CC(=O)[O-].CCC[P+](CCC)(CCC)CCC. The second kappa shape index (κ2) is 12.4. The molecule has 0 radical (unpaired) electrons. The summed E-state index contributed by atoms with van der Waals surface area (Å²) in [7, 11) is -0.496. The lowest BCUT2D eigenvalue weighted by Crippen LogP contribution is -2.16. The Kier molecular flexibility index (Phi) is 14.0. The van der Waals surface area contributed by atoms with Crippen molar-refractivity contribution >= 4 is 13.2 Å². The number of carboxylic acid groups (broad SMARTS) is 1. The van der Waals surface area contributed by atoms with E-state index in [0.29, 0.717) is 0 Å². The summed E-state index contributed by atoms with van der Waals surface area (Å²) in [5.41, 5.74) is 0. The van der Waals surface area contributed by atoms with Gasteiger partial charge in [-0.3, -0.25) is 0 Å². The van der Waals surface area contributed by atoms with Gasteiger partial charge in [0, 0.05) is 13.2 Å². The molecule has 0 rings (SSSR count). The van der Waals surface area contributed by atoms with Crippen LogP contribution in [0.4, 0.5) is 0 Å². The minimum absolute atomic E-state index is 0.496. The zero-order valence-electron chi connectivity index (χ0n) is 12.4. The van der Waals surface area contributed by atoms with E-state index in [1.54, 1.807) is 24.6 Å². The number of carbonyl (C=O) groups is 1. The third-order valence-corrected chi connectivity index (χ3v) is 8.38. The Labute approximate surface area is 109 Å². The number of hydrogen-bond acceptors (Lipinski definition) is 2. The summed E-state index contributed by atoms with van der Waals surface area (Å²) in [6, 6.07) is 0. The van der Waals surface area contributed by atoms with Crippen molar-refractivity contribution in [2.75, 3.05) is 24.6 Å². The second-order valence-corrected chi connectivity index (χ2v) is 9.20. The van der Waals surface area contributed by atoms with Crippen LogP contribution in [0.3, 0.4) is 0 Å². The summed E-state index contributed by atoms with van der Waals surface area (Å²) in [5, 5.41) is 8.89. The van der Waals surface area contributed by atoms with Crippen LogP contribution in [0.2, 0.25) is 0 Å². The minimum atomic E-state index is -1.08. The number of carbonyl (C=O) groups excluding carboxylic acids is 1. The Bertz CT molecular complexity index is 148. The van der Waals surface area contributed by atoms with Crippen molar-refractivity contribution in [3.63, 3.8) is 0 Å². The quantitative estimate of drug-likeness (QED) is 0.629. The van der Waals surface area contributed by atoms with E-state index in [4.69, 9.17) is 9.90 Å². The monoisotopic (exact) mass is 262 g/mol. The first-order valence-corrected chi connectivity index (χ1v) is 9.53. The largest absolute Gasteiger partial charge is 0.550 e. The lowest BCUT2D eigenvalue weighted by molar-refractivity contribution is -0.302. The Morgan fingerprint density at radius 1 is 0.824 bits per heavy atom. The summed E-state index contributed by atoms with van der Waals surface area (Å²) in [6.07, 6.45) is 11.9. The maximum Gasteiger partial charge on any atom is 0.0591 e. The predicted molar refractivity (Wildman–Crippen MR) is 78.2 cm³/mol. The van der Waals surface area contributed by atoms with Crippen LogP contribution in [-0.4, -0.2) is 30.6 Å². The van der Waals surface area contributed by atoms with Crippen LogP contribution in [0.5, 0.6) is 0 Å². The first-order chi connectivity index (χ1) is 7.97. The lowest BCUT2D eigenvalue weighted by Gasteiger charge is -2.26. The summed E-state index contributed by atoms with van der Waals surface area (Å²) in [5.74, 6) is -1.08. The maximum atomic E-state index is 8.89. The van der Waals surface area contributed by atoms with Crippen molar-refractivity contribution in [1.29, 1.82) is 0 Å². The van der Waals surface area contributed by atoms with Gasteiger partial charge in [-0.2, -0.15) is 0 Å². The van der Waals surface area contributed by atoms with Gasteiger partial charge in [0.2, 0.25) is 0 Å². The number of hydrogen-bond donors (Lipinski definition) is 0. The molecule has 0 unspecified atom stereocenters. The van der Waals surface area contributed by atoms with Crippen molar-refractivity contribution in [2.45, 2.75) is 60.3 Å². The first-order valence-electron chi connectivity index (χ1n) is 7.00. The molecule has 0 N–H and O–H groups in total. The van der Waals surface area contributed by atoms with Crippen molar-refractivity contribution in [3.8, 4) is 0 Å². The highest BCUT2D eigenvalue weighted by Crippen LogP contribution is 2.60. The maximum absolute atomic E-state index is 8.89. The molecule has 0 saturated carbocycles. The van der Waals surface area contributed by atoms with Crippen molar-refractivity contribution < 1.29 is 9.90 Å². The highest BCUT2D eigenvalue weighted by atomic mass is 31.2. The Hall–Kier alpha value is -0.100. The molecule has 0 aromatic rings. The van der Waals surface area contributed by atoms with Gasteiger partial charge >= 0.3 is 0 Å². The fraction of sp³-hybridized carbons (Fsp3) is 0.929. The molecule has 0 spiro atoms.